The summed E-state index contributed by atoms with van der Waals surface area (Å²) < 4.78 is 2.36. The van der Waals surface area contributed by atoms with Gasteiger partial charge in [-0.3, -0.25) is 0 Å². The molecule has 0 aliphatic heterocycles. The lowest BCUT2D eigenvalue weighted by Crippen LogP contribution is -2.76. The maximum Gasteiger partial charge on any atom is 0.226 e. The average molecular weight is 581 g/mol. The Morgan fingerprint density at radius 2 is 1.02 bits per heavy atom. The summed E-state index contributed by atoms with van der Waals surface area (Å²) in [7, 11) is -3.01. The van der Waals surface area contributed by atoms with E-state index in [1.807, 2.05) is 18.2 Å². The number of fused-ring (bicyclic) bond motifs is 3. The SMILES string of the molecule is c1ccc(-c2ncnc([Si](c3ccccc3)(c3ccccc3)c3ccc4c(c3)c3ccccc3n4-c3ccccc3)n2)cc1. The first-order chi connectivity index (χ1) is 21.8. The number of hydrogen-bond acceptors (Lipinski definition) is 3. The third kappa shape index (κ3) is 4.17. The van der Waals surface area contributed by atoms with Gasteiger partial charge in [0.05, 0.1) is 11.0 Å². The number of benzene rings is 6. The van der Waals surface area contributed by atoms with Gasteiger partial charge in [0.15, 0.2) is 5.82 Å². The minimum atomic E-state index is -3.01. The van der Waals surface area contributed by atoms with E-state index in [2.05, 4.69) is 155 Å². The average Bonchev–Trinajstić information content (AvgIpc) is 3.44. The highest BCUT2D eigenvalue weighted by atomic mass is 28.3. The Bertz CT molecular complexity index is 2170. The lowest BCUT2D eigenvalue weighted by Gasteiger charge is -2.32. The molecule has 0 spiro atoms. The van der Waals surface area contributed by atoms with E-state index in [0.29, 0.717) is 5.82 Å². The third-order valence-electron chi connectivity index (χ3n) is 8.47. The van der Waals surface area contributed by atoms with Crippen LogP contribution in [-0.4, -0.2) is 27.6 Å². The minimum absolute atomic E-state index is 0.682. The topological polar surface area (TPSA) is 43.6 Å². The summed E-state index contributed by atoms with van der Waals surface area (Å²) in [5.74, 6) is 0.682. The highest BCUT2D eigenvalue weighted by molar-refractivity contribution is 7.19. The molecule has 2 aromatic heterocycles. The van der Waals surface area contributed by atoms with Crippen molar-refractivity contribution in [1.82, 2.24) is 19.5 Å². The molecule has 6 aromatic carbocycles. The van der Waals surface area contributed by atoms with E-state index in [1.165, 1.54) is 37.4 Å². The molecule has 0 atom stereocenters. The van der Waals surface area contributed by atoms with Crippen LogP contribution in [0.2, 0.25) is 0 Å². The van der Waals surface area contributed by atoms with Gasteiger partial charge in [-0.15, -0.1) is 0 Å². The van der Waals surface area contributed by atoms with Crippen LogP contribution in [0.4, 0.5) is 0 Å². The van der Waals surface area contributed by atoms with Crippen molar-refractivity contribution in [2.75, 3.05) is 0 Å². The Morgan fingerprint density at radius 3 is 1.70 bits per heavy atom. The van der Waals surface area contributed by atoms with E-state index in [4.69, 9.17) is 9.97 Å². The first kappa shape index (κ1) is 26.0. The fraction of sp³-hybridized carbons (Fsp3) is 0. The molecule has 0 amide bonds. The molecule has 0 bridgehead atoms. The molecule has 0 saturated heterocycles. The Hall–Kier alpha value is -5.65. The van der Waals surface area contributed by atoms with Crippen LogP contribution in [0.5, 0.6) is 0 Å². The molecule has 208 valence electrons. The zero-order valence-corrected chi connectivity index (χ0v) is 25.0. The molecule has 44 heavy (non-hydrogen) atoms. The predicted molar refractivity (Wildman–Crippen MR) is 183 cm³/mol. The Balaban J connectivity index is 1.48. The van der Waals surface area contributed by atoms with Crippen LogP contribution >= 0.6 is 0 Å². The minimum Gasteiger partial charge on any atom is -0.309 e. The molecule has 0 radical (unpaired) electrons. The van der Waals surface area contributed by atoms with Crippen molar-refractivity contribution in [2.45, 2.75) is 0 Å². The van der Waals surface area contributed by atoms with Crippen molar-refractivity contribution in [2.24, 2.45) is 0 Å². The second kappa shape index (κ2) is 10.9. The maximum atomic E-state index is 5.27. The molecule has 0 saturated carbocycles. The first-order valence-electron chi connectivity index (χ1n) is 14.8. The molecule has 5 heteroatoms. The summed E-state index contributed by atoms with van der Waals surface area (Å²) in [6, 6.07) is 58.0. The monoisotopic (exact) mass is 580 g/mol. The van der Waals surface area contributed by atoms with Crippen LogP contribution < -0.4 is 21.0 Å². The highest BCUT2D eigenvalue weighted by Gasteiger charge is 2.45. The highest BCUT2D eigenvalue weighted by Crippen LogP contribution is 2.31. The summed E-state index contributed by atoms with van der Waals surface area (Å²) in [6.45, 7) is 0. The van der Waals surface area contributed by atoms with Crippen LogP contribution in [0.15, 0.2) is 170 Å². The van der Waals surface area contributed by atoms with Gasteiger partial charge < -0.3 is 4.57 Å². The van der Waals surface area contributed by atoms with Gasteiger partial charge in [0.1, 0.15) is 11.8 Å². The largest absolute Gasteiger partial charge is 0.309 e. The van der Waals surface area contributed by atoms with Crippen molar-refractivity contribution < 1.29 is 0 Å². The van der Waals surface area contributed by atoms with Crippen molar-refractivity contribution in [1.29, 1.82) is 0 Å². The van der Waals surface area contributed by atoms with Gasteiger partial charge in [-0.1, -0.05) is 140 Å². The van der Waals surface area contributed by atoms with E-state index in [-0.39, 0.29) is 0 Å². The van der Waals surface area contributed by atoms with Crippen LogP contribution in [0.25, 0.3) is 38.9 Å². The quantitative estimate of drug-likeness (QED) is 0.179. The molecule has 0 unspecified atom stereocenters. The summed E-state index contributed by atoms with van der Waals surface area (Å²) in [6.07, 6.45) is 1.68. The molecule has 0 aliphatic rings. The standard InChI is InChI=1S/C39H28N4Si/c1-5-15-29(16-6-1)38-40-28-41-39(42-38)44(31-19-9-3-10-20-31,32-21-11-4-12-22-32)33-25-26-37-35(27-33)34-23-13-14-24-36(34)43(37)30-17-7-2-8-18-30/h1-28H. The zero-order chi connectivity index (χ0) is 29.3. The molecule has 0 N–H and O–H groups in total. The maximum absolute atomic E-state index is 5.27. The van der Waals surface area contributed by atoms with Crippen LogP contribution in [-0.2, 0) is 0 Å². The molecular formula is C39H28N4Si. The number of aromatic nitrogens is 4. The lowest BCUT2D eigenvalue weighted by atomic mass is 10.1. The predicted octanol–water partition coefficient (Wildman–Crippen LogP) is 6.01. The fourth-order valence-electron chi connectivity index (χ4n) is 6.53. The second-order valence-electron chi connectivity index (χ2n) is 10.9. The van der Waals surface area contributed by atoms with Crippen LogP contribution in [0.1, 0.15) is 0 Å². The van der Waals surface area contributed by atoms with E-state index >= 15 is 0 Å². The molecule has 0 fully saturated rings. The van der Waals surface area contributed by atoms with E-state index in [0.717, 1.165) is 16.7 Å². The van der Waals surface area contributed by atoms with Crippen molar-refractivity contribution in [3.8, 4) is 17.1 Å². The van der Waals surface area contributed by atoms with Gasteiger partial charge in [-0.25, -0.2) is 15.0 Å². The number of para-hydroxylation sites is 2. The molecule has 8 aromatic rings. The summed E-state index contributed by atoms with van der Waals surface area (Å²) in [5.41, 5.74) is 5.29. The molecule has 4 nitrogen and oxygen atoms in total. The van der Waals surface area contributed by atoms with Crippen molar-refractivity contribution in [3.63, 3.8) is 0 Å². The van der Waals surface area contributed by atoms with E-state index < -0.39 is 8.07 Å². The number of hydrogen-bond donors (Lipinski definition) is 0. The van der Waals surface area contributed by atoms with Crippen molar-refractivity contribution >= 4 is 50.9 Å². The van der Waals surface area contributed by atoms with Crippen LogP contribution in [0, 0.1) is 0 Å². The summed E-state index contributed by atoms with van der Waals surface area (Å²) >= 11 is 0. The third-order valence-corrected chi connectivity index (χ3v) is 13.0. The Labute approximate surface area is 257 Å². The number of rotatable bonds is 6. The van der Waals surface area contributed by atoms with Gasteiger partial charge in [0.2, 0.25) is 8.07 Å². The molecule has 0 aliphatic carbocycles. The van der Waals surface area contributed by atoms with Gasteiger partial charge in [-0.05, 0) is 39.8 Å². The van der Waals surface area contributed by atoms with Gasteiger partial charge in [-0.2, -0.15) is 0 Å². The molecule has 2 heterocycles. The molecular weight excluding hydrogens is 553 g/mol. The molecule has 8 rings (SSSR count). The van der Waals surface area contributed by atoms with E-state index in [1.54, 1.807) is 6.33 Å². The van der Waals surface area contributed by atoms with Gasteiger partial charge in [0.25, 0.3) is 0 Å². The summed E-state index contributed by atoms with van der Waals surface area (Å²) in [5, 5.41) is 6.11. The smallest absolute Gasteiger partial charge is 0.226 e. The van der Waals surface area contributed by atoms with Crippen molar-refractivity contribution in [3.05, 3.63) is 170 Å². The Kier molecular flexibility index (Phi) is 6.43. The summed E-state index contributed by atoms with van der Waals surface area (Å²) in [4.78, 5) is 14.9. The van der Waals surface area contributed by atoms with Gasteiger partial charge in [0, 0.05) is 22.0 Å². The Morgan fingerprint density at radius 1 is 0.455 bits per heavy atom. The van der Waals surface area contributed by atoms with Crippen LogP contribution in [0.3, 0.4) is 0 Å². The second-order valence-corrected chi connectivity index (χ2v) is 14.6. The fourth-order valence-corrected chi connectivity index (χ4v) is 10.9. The number of nitrogens with zero attached hydrogens (tertiary/aromatic N) is 4. The van der Waals surface area contributed by atoms with Gasteiger partial charge >= 0.3 is 0 Å². The normalized spacial score (nSPS) is 11.6. The van der Waals surface area contributed by atoms with E-state index in [9.17, 15) is 0 Å². The lowest BCUT2D eigenvalue weighted by molar-refractivity contribution is 1.09. The first-order valence-corrected chi connectivity index (χ1v) is 16.8. The zero-order valence-electron chi connectivity index (χ0n) is 24.0.